The van der Waals surface area contributed by atoms with Crippen LogP contribution in [-0.2, 0) is 6.42 Å². The maximum atomic E-state index is 5.26. The van der Waals surface area contributed by atoms with Crippen LogP contribution in [0, 0.1) is 0 Å². The molecule has 1 aromatic rings. The third-order valence-corrected chi connectivity index (χ3v) is 1.98. The largest absolute Gasteiger partial charge is 0.496 e. The van der Waals surface area contributed by atoms with Gasteiger partial charge in [-0.25, -0.2) is 0 Å². The van der Waals surface area contributed by atoms with Gasteiger partial charge in [0, 0.05) is 5.71 Å². The fraction of sp³-hybridized carbons (Fsp3) is 0.308. The molecule has 1 aromatic carbocycles. The van der Waals surface area contributed by atoms with Crippen LogP contribution in [0.15, 0.2) is 35.8 Å². The summed E-state index contributed by atoms with van der Waals surface area (Å²) in [5.74, 6) is 0.891. The molecule has 0 N–H and O–H groups in total. The molecule has 0 aliphatic heterocycles. The van der Waals surface area contributed by atoms with Crippen molar-refractivity contribution in [1.82, 2.24) is 0 Å². The van der Waals surface area contributed by atoms with Crippen LogP contribution in [0.4, 0.5) is 5.69 Å². The molecular weight excluding hydrogens is 186 g/mol. The van der Waals surface area contributed by atoms with E-state index >= 15 is 0 Å². The third kappa shape index (κ3) is 3.24. The Labute approximate surface area is 91.3 Å². The predicted molar refractivity (Wildman–Crippen MR) is 65.3 cm³/mol. The van der Waals surface area contributed by atoms with Crippen molar-refractivity contribution in [3.8, 4) is 5.75 Å². The van der Waals surface area contributed by atoms with E-state index < -0.39 is 0 Å². The van der Waals surface area contributed by atoms with Gasteiger partial charge in [0.1, 0.15) is 5.75 Å². The Kier molecular flexibility index (Phi) is 4.10. The summed E-state index contributed by atoms with van der Waals surface area (Å²) in [6.07, 6.45) is 2.67. The van der Waals surface area contributed by atoms with Crippen molar-refractivity contribution in [1.29, 1.82) is 0 Å². The Hall–Kier alpha value is -1.57. The van der Waals surface area contributed by atoms with Gasteiger partial charge in [0.2, 0.25) is 0 Å². The van der Waals surface area contributed by atoms with Crippen molar-refractivity contribution in [3.05, 3.63) is 36.4 Å². The fourth-order valence-electron chi connectivity index (χ4n) is 1.41. The summed E-state index contributed by atoms with van der Waals surface area (Å²) in [7, 11) is 1.68. The molecule has 0 radical (unpaired) electrons. The van der Waals surface area contributed by atoms with Gasteiger partial charge in [0.25, 0.3) is 0 Å². The molecule has 0 saturated heterocycles. The molecule has 15 heavy (non-hydrogen) atoms. The van der Waals surface area contributed by atoms with Crippen LogP contribution in [0.25, 0.3) is 0 Å². The minimum atomic E-state index is 0.801. The molecule has 0 aromatic heterocycles. The number of hydrogen-bond donors (Lipinski definition) is 0. The molecule has 0 spiro atoms. The van der Waals surface area contributed by atoms with E-state index in [1.54, 1.807) is 7.11 Å². The average Bonchev–Trinajstić information content (AvgIpc) is 2.18. The van der Waals surface area contributed by atoms with E-state index in [0.29, 0.717) is 0 Å². The van der Waals surface area contributed by atoms with E-state index in [4.69, 9.17) is 4.74 Å². The summed E-state index contributed by atoms with van der Waals surface area (Å²) >= 11 is 0. The first kappa shape index (κ1) is 11.5. The van der Waals surface area contributed by atoms with E-state index in [2.05, 4.69) is 11.6 Å². The Bertz CT molecular complexity index is 376. The lowest BCUT2D eigenvalue weighted by Gasteiger charge is -2.07. The minimum absolute atomic E-state index is 0.801. The lowest BCUT2D eigenvalue weighted by atomic mass is 10.1. The van der Waals surface area contributed by atoms with Crippen molar-refractivity contribution in [2.24, 2.45) is 4.99 Å². The molecule has 0 aliphatic rings. The van der Waals surface area contributed by atoms with Crippen LogP contribution in [0.2, 0.25) is 0 Å². The van der Waals surface area contributed by atoms with Gasteiger partial charge in [-0.05, 0) is 44.0 Å². The van der Waals surface area contributed by atoms with E-state index in [-0.39, 0.29) is 0 Å². The molecule has 0 aliphatic carbocycles. The number of methoxy groups -OCH3 is 1. The smallest absolute Gasteiger partial charge is 0.122 e. The summed E-state index contributed by atoms with van der Waals surface area (Å²) in [5.41, 5.74) is 3.13. The van der Waals surface area contributed by atoms with Crippen LogP contribution in [0.5, 0.6) is 5.75 Å². The predicted octanol–water partition coefficient (Wildman–Crippen LogP) is 3.54. The maximum Gasteiger partial charge on any atom is 0.122 e. The van der Waals surface area contributed by atoms with Crippen LogP contribution >= 0.6 is 0 Å². The number of rotatable bonds is 4. The molecule has 0 amide bonds. The van der Waals surface area contributed by atoms with E-state index in [1.807, 2.05) is 38.1 Å². The molecule has 1 rings (SSSR count). The zero-order valence-electron chi connectivity index (χ0n) is 9.58. The van der Waals surface area contributed by atoms with Crippen molar-refractivity contribution in [2.75, 3.05) is 7.11 Å². The lowest BCUT2D eigenvalue weighted by Crippen LogP contribution is -1.90. The summed E-state index contributed by atoms with van der Waals surface area (Å²) in [6, 6.07) is 5.94. The number of ether oxygens (including phenoxy) is 1. The number of aliphatic imine (C=N–C) groups is 1. The van der Waals surface area contributed by atoms with E-state index in [1.165, 1.54) is 0 Å². The van der Waals surface area contributed by atoms with Gasteiger partial charge >= 0.3 is 0 Å². The third-order valence-electron chi connectivity index (χ3n) is 1.98. The second-order valence-corrected chi connectivity index (χ2v) is 3.55. The Balaban J connectivity index is 3.09. The maximum absolute atomic E-state index is 5.26. The van der Waals surface area contributed by atoms with Gasteiger partial charge in [-0.2, -0.15) is 0 Å². The highest BCUT2D eigenvalue weighted by molar-refractivity contribution is 5.82. The second-order valence-electron chi connectivity index (χ2n) is 3.55. The first-order valence-electron chi connectivity index (χ1n) is 4.97. The Morgan fingerprint density at radius 3 is 2.73 bits per heavy atom. The molecule has 0 unspecified atom stereocenters. The Morgan fingerprint density at radius 1 is 1.47 bits per heavy atom. The first-order chi connectivity index (χ1) is 7.17. The van der Waals surface area contributed by atoms with Gasteiger partial charge in [-0.15, -0.1) is 6.58 Å². The van der Waals surface area contributed by atoms with E-state index in [0.717, 1.165) is 29.1 Å². The van der Waals surface area contributed by atoms with Gasteiger partial charge < -0.3 is 4.74 Å². The highest BCUT2D eigenvalue weighted by atomic mass is 16.5. The van der Waals surface area contributed by atoms with Crippen molar-refractivity contribution < 1.29 is 4.74 Å². The molecule has 80 valence electrons. The molecule has 0 saturated carbocycles. The lowest BCUT2D eigenvalue weighted by molar-refractivity contribution is 0.411. The molecule has 0 heterocycles. The quantitative estimate of drug-likeness (QED) is 0.542. The van der Waals surface area contributed by atoms with Gasteiger partial charge in [-0.1, -0.05) is 6.08 Å². The molecular formula is C13H17NO. The highest BCUT2D eigenvalue weighted by Gasteiger charge is 2.02. The Morgan fingerprint density at radius 2 is 2.20 bits per heavy atom. The number of nitrogens with zero attached hydrogens (tertiary/aromatic N) is 1. The van der Waals surface area contributed by atoms with Crippen LogP contribution in [-0.4, -0.2) is 12.8 Å². The SMILES string of the molecule is C=CCc1cc(N=C(C)C)ccc1OC. The second kappa shape index (κ2) is 5.35. The van der Waals surface area contributed by atoms with Crippen LogP contribution in [0.1, 0.15) is 19.4 Å². The van der Waals surface area contributed by atoms with Crippen LogP contribution in [0.3, 0.4) is 0 Å². The monoisotopic (exact) mass is 203 g/mol. The minimum Gasteiger partial charge on any atom is -0.496 e. The van der Waals surface area contributed by atoms with Crippen molar-refractivity contribution >= 4 is 11.4 Å². The number of hydrogen-bond acceptors (Lipinski definition) is 2. The zero-order valence-corrected chi connectivity index (χ0v) is 9.58. The van der Waals surface area contributed by atoms with Gasteiger partial charge in [0.05, 0.1) is 12.8 Å². The fourth-order valence-corrected chi connectivity index (χ4v) is 1.41. The van der Waals surface area contributed by atoms with Crippen molar-refractivity contribution in [3.63, 3.8) is 0 Å². The normalized spacial score (nSPS) is 9.53. The average molecular weight is 203 g/mol. The van der Waals surface area contributed by atoms with Crippen LogP contribution < -0.4 is 4.74 Å². The molecule has 0 fully saturated rings. The molecule has 0 bridgehead atoms. The zero-order chi connectivity index (χ0) is 11.3. The first-order valence-corrected chi connectivity index (χ1v) is 4.97. The molecule has 0 atom stereocenters. The standard InChI is InChI=1S/C13H17NO/c1-5-6-11-9-12(14-10(2)3)7-8-13(11)15-4/h5,7-9H,1,6H2,2-4H3. The number of allylic oxidation sites excluding steroid dienone is 1. The topological polar surface area (TPSA) is 21.6 Å². The van der Waals surface area contributed by atoms with E-state index in [9.17, 15) is 0 Å². The highest BCUT2D eigenvalue weighted by Crippen LogP contribution is 2.25. The van der Waals surface area contributed by atoms with Gasteiger partial charge in [0.15, 0.2) is 0 Å². The summed E-state index contributed by atoms with van der Waals surface area (Å²) in [6.45, 7) is 7.70. The number of benzene rings is 1. The molecule has 2 nitrogen and oxygen atoms in total. The summed E-state index contributed by atoms with van der Waals surface area (Å²) in [5, 5.41) is 0. The molecule has 2 heteroatoms. The summed E-state index contributed by atoms with van der Waals surface area (Å²) in [4.78, 5) is 4.40. The summed E-state index contributed by atoms with van der Waals surface area (Å²) < 4.78 is 5.26. The van der Waals surface area contributed by atoms with Crippen molar-refractivity contribution in [2.45, 2.75) is 20.3 Å². The van der Waals surface area contributed by atoms with Gasteiger partial charge in [-0.3, -0.25) is 4.99 Å².